The smallest absolute Gasteiger partial charge is 0.320 e. The van der Waals surface area contributed by atoms with Crippen molar-refractivity contribution in [3.8, 4) is 0 Å². The van der Waals surface area contributed by atoms with Crippen LogP contribution in [0.5, 0.6) is 0 Å². The molecule has 0 radical (unpaired) electrons. The number of likely N-dealkylation sites (N-methyl/N-ethyl adjacent to an activating group) is 1. The van der Waals surface area contributed by atoms with Crippen LogP contribution in [0.1, 0.15) is 19.8 Å². The molecule has 1 saturated heterocycles. The highest BCUT2D eigenvalue weighted by molar-refractivity contribution is 5.85. The number of carbonyl (C=O) groups is 1. The van der Waals surface area contributed by atoms with E-state index < -0.39 is 5.97 Å². The minimum atomic E-state index is -0.677. The molecule has 1 fully saturated rings. The Morgan fingerprint density at radius 1 is 1.67 bits per heavy atom. The van der Waals surface area contributed by atoms with E-state index in [1.807, 2.05) is 11.9 Å². The van der Waals surface area contributed by atoms with Crippen molar-refractivity contribution < 1.29 is 9.90 Å². The van der Waals surface area contributed by atoms with E-state index >= 15 is 0 Å². The monoisotopic (exact) mass is 193 g/mol. The Bertz CT molecular complexity index is 163. The predicted octanol–water partition coefficient (Wildman–Crippen LogP) is 1.22. The number of rotatable bonds is 2. The summed E-state index contributed by atoms with van der Waals surface area (Å²) in [4.78, 5) is 12.6. The largest absolute Gasteiger partial charge is 0.480 e. The topological polar surface area (TPSA) is 40.5 Å². The third-order valence-electron chi connectivity index (χ3n) is 2.50. The molecule has 3 nitrogen and oxygen atoms in total. The lowest BCUT2D eigenvalue weighted by Gasteiger charge is -2.13. The molecule has 1 aliphatic rings. The van der Waals surface area contributed by atoms with Gasteiger partial charge in [-0.05, 0) is 19.4 Å². The minimum absolute atomic E-state index is 0. The van der Waals surface area contributed by atoms with Gasteiger partial charge in [-0.2, -0.15) is 0 Å². The van der Waals surface area contributed by atoms with Crippen LogP contribution in [0.15, 0.2) is 0 Å². The Balaban J connectivity index is 0.00000121. The summed E-state index contributed by atoms with van der Waals surface area (Å²) in [6.45, 7) is 3.05. The van der Waals surface area contributed by atoms with Crippen LogP contribution in [0, 0.1) is 5.92 Å². The lowest BCUT2D eigenvalue weighted by molar-refractivity contribution is -0.141. The molecule has 0 aromatic heterocycles. The third-order valence-corrected chi connectivity index (χ3v) is 2.50. The van der Waals surface area contributed by atoms with E-state index in [9.17, 15) is 4.79 Å². The van der Waals surface area contributed by atoms with E-state index in [0.717, 1.165) is 19.4 Å². The van der Waals surface area contributed by atoms with Crippen LogP contribution in [0.4, 0.5) is 0 Å². The highest BCUT2D eigenvalue weighted by atomic mass is 35.5. The average Bonchev–Trinajstić information content (AvgIpc) is 2.30. The zero-order chi connectivity index (χ0) is 8.43. The molecule has 1 N–H and O–H groups in total. The summed E-state index contributed by atoms with van der Waals surface area (Å²) < 4.78 is 0. The number of nitrogens with zero attached hydrogens (tertiary/aromatic N) is 1. The molecule has 0 unspecified atom stereocenters. The average molecular weight is 194 g/mol. The summed E-state index contributed by atoms with van der Waals surface area (Å²) in [5.41, 5.74) is 0. The number of carboxylic acids is 1. The fourth-order valence-corrected chi connectivity index (χ4v) is 1.69. The second kappa shape index (κ2) is 4.67. The summed E-state index contributed by atoms with van der Waals surface area (Å²) in [5, 5.41) is 8.76. The van der Waals surface area contributed by atoms with Crippen LogP contribution in [-0.4, -0.2) is 35.6 Å². The lowest BCUT2D eigenvalue weighted by Crippen LogP contribution is -2.32. The molecule has 0 bridgehead atoms. The van der Waals surface area contributed by atoms with Crippen LogP contribution < -0.4 is 0 Å². The molecule has 0 spiro atoms. The first-order valence-corrected chi connectivity index (χ1v) is 4.08. The highest BCUT2D eigenvalue weighted by Gasteiger charge is 2.32. The number of hydrogen-bond acceptors (Lipinski definition) is 2. The molecule has 0 aromatic carbocycles. The van der Waals surface area contributed by atoms with E-state index in [1.54, 1.807) is 0 Å². The van der Waals surface area contributed by atoms with Gasteiger partial charge in [0.2, 0.25) is 0 Å². The van der Waals surface area contributed by atoms with Crippen molar-refractivity contribution in [1.82, 2.24) is 4.90 Å². The molecule has 1 heterocycles. The van der Waals surface area contributed by atoms with Gasteiger partial charge in [0.15, 0.2) is 0 Å². The SMILES string of the molecule is CC[C@@H]1C[C@@H](C(=O)O)N(C)C1.Cl. The quantitative estimate of drug-likeness (QED) is 0.717. The summed E-state index contributed by atoms with van der Waals surface area (Å²) in [5.74, 6) is -0.0930. The van der Waals surface area contributed by atoms with Gasteiger partial charge >= 0.3 is 5.97 Å². The van der Waals surface area contributed by atoms with Gasteiger partial charge in [-0.3, -0.25) is 9.69 Å². The van der Waals surface area contributed by atoms with Crippen LogP contribution in [0.25, 0.3) is 0 Å². The molecule has 0 amide bonds. The first-order valence-electron chi connectivity index (χ1n) is 4.08. The van der Waals surface area contributed by atoms with Crippen molar-refractivity contribution in [2.75, 3.05) is 13.6 Å². The molecule has 72 valence electrons. The summed E-state index contributed by atoms with van der Waals surface area (Å²) >= 11 is 0. The molecule has 0 aromatic rings. The highest BCUT2D eigenvalue weighted by Crippen LogP contribution is 2.23. The standard InChI is InChI=1S/C8H15NO2.ClH/c1-3-6-4-7(8(10)11)9(2)5-6;/h6-7H,3-5H2,1-2H3,(H,10,11);1H/t6-,7+;/m1./s1. The molecule has 2 atom stereocenters. The molecular weight excluding hydrogens is 178 g/mol. The van der Waals surface area contributed by atoms with E-state index in [0.29, 0.717) is 5.92 Å². The summed E-state index contributed by atoms with van der Waals surface area (Å²) in [7, 11) is 1.88. The van der Waals surface area contributed by atoms with Gasteiger partial charge in [0, 0.05) is 6.54 Å². The van der Waals surface area contributed by atoms with E-state index in [4.69, 9.17) is 5.11 Å². The predicted molar refractivity (Wildman–Crippen MR) is 49.7 cm³/mol. The first-order chi connectivity index (χ1) is 5.15. The van der Waals surface area contributed by atoms with Gasteiger partial charge < -0.3 is 5.11 Å². The van der Waals surface area contributed by atoms with Gasteiger partial charge in [-0.15, -0.1) is 12.4 Å². The van der Waals surface area contributed by atoms with Gasteiger partial charge in [-0.1, -0.05) is 13.3 Å². The zero-order valence-electron chi connectivity index (χ0n) is 7.49. The Hall–Kier alpha value is -0.280. The van der Waals surface area contributed by atoms with Crippen LogP contribution in [0.2, 0.25) is 0 Å². The molecule has 1 rings (SSSR count). The Kier molecular flexibility index (Phi) is 4.57. The maximum atomic E-state index is 10.6. The minimum Gasteiger partial charge on any atom is -0.480 e. The number of hydrogen-bond donors (Lipinski definition) is 1. The van der Waals surface area contributed by atoms with E-state index in [1.165, 1.54) is 0 Å². The lowest BCUT2D eigenvalue weighted by atomic mass is 10.0. The number of carboxylic acid groups (broad SMARTS) is 1. The van der Waals surface area contributed by atoms with Crippen molar-refractivity contribution in [3.05, 3.63) is 0 Å². The second-order valence-corrected chi connectivity index (χ2v) is 3.30. The maximum Gasteiger partial charge on any atom is 0.320 e. The Morgan fingerprint density at radius 3 is 2.50 bits per heavy atom. The van der Waals surface area contributed by atoms with Gasteiger partial charge in [0.05, 0.1) is 0 Å². The van der Waals surface area contributed by atoms with Crippen molar-refractivity contribution in [2.45, 2.75) is 25.8 Å². The summed E-state index contributed by atoms with van der Waals surface area (Å²) in [6.07, 6.45) is 1.91. The normalized spacial score (nSPS) is 29.8. The maximum absolute atomic E-state index is 10.6. The van der Waals surface area contributed by atoms with Crippen LogP contribution >= 0.6 is 12.4 Å². The van der Waals surface area contributed by atoms with E-state index in [-0.39, 0.29) is 18.4 Å². The van der Waals surface area contributed by atoms with Crippen LogP contribution in [-0.2, 0) is 4.79 Å². The number of halogens is 1. The molecular formula is C8H16ClNO2. The molecule has 0 aliphatic carbocycles. The fourth-order valence-electron chi connectivity index (χ4n) is 1.69. The zero-order valence-corrected chi connectivity index (χ0v) is 8.30. The van der Waals surface area contributed by atoms with E-state index in [2.05, 4.69) is 6.92 Å². The van der Waals surface area contributed by atoms with Gasteiger partial charge in [-0.25, -0.2) is 0 Å². The molecule has 12 heavy (non-hydrogen) atoms. The number of aliphatic carboxylic acids is 1. The van der Waals surface area contributed by atoms with Gasteiger partial charge in [0.1, 0.15) is 6.04 Å². The molecule has 4 heteroatoms. The van der Waals surface area contributed by atoms with Crippen molar-refractivity contribution in [1.29, 1.82) is 0 Å². The van der Waals surface area contributed by atoms with Crippen molar-refractivity contribution in [3.63, 3.8) is 0 Å². The third kappa shape index (κ3) is 2.35. The number of likely N-dealkylation sites (tertiary alicyclic amines) is 1. The van der Waals surface area contributed by atoms with Gasteiger partial charge in [0.25, 0.3) is 0 Å². The Morgan fingerprint density at radius 2 is 2.25 bits per heavy atom. The molecule has 0 saturated carbocycles. The van der Waals surface area contributed by atoms with Crippen LogP contribution in [0.3, 0.4) is 0 Å². The molecule has 1 aliphatic heterocycles. The fraction of sp³-hybridized carbons (Fsp3) is 0.875. The van der Waals surface area contributed by atoms with Crippen molar-refractivity contribution >= 4 is 18.4 Å². The summed E-state index contributed by atoms with van der Waals surface area (Å²) in [6, 6.07) is -0.236. The first kappa shape index (κ1) is 11.7. The van der Waals surface area contributed by atoms with Crippen molar-refractivity contribution in [2.24, 2.45) is 5.92 Å². The Labute approximate surface area is 79.2 Å². The second-order valence-electron chi connectivity index (χ2n) is 3.30.